The highest BCUT2D eigenvalue weighted by molar-refractivity contribution is 7.89. The summed E-state index contributed by atoms with van der Waals surface area (Å²) < 4.78 is 38.6. The van der Waals surface area contributed by atoms with Crippen LogP contribution in [0.15, 0.2) is 47.4 Å². The minimum absolute atomic E-state index is 0.00172. The van der Waals surface area contributed by atoms with Gasteiger partial charge in [-0.15, -0.1) is 0 Å². The number of morpholine rings is 1. The molecule has 1 heterocycles. The van der Waals surface area contributed by atoms with Crippen molar-refractivity contribution in [3.8, 4) is 0 Å². The smallest absolute Gasteiger partial charge is 0.338 e. The molecule has 3 unspecified atom stereocenters. The van der Waals surface area contributed by atoms with Gasteiger partial charge in [0, 0.05) is 13.1 Å². The van der Waals surface area contributed by atoms with Crippen LogP contribution in [-0.4, -0.2) is 56.5 Å². The minimum Gasteiger partial charge on any atom is -0.452 e. The number of hydrogen-bond acceptors (Lipinski definition) is 6. The van der Waals surface area contributed by atoms with Crippen LogP contribution in [0.2, 0.25) is 5.02 Å². The first-order chi connectivity index (χ1) is 16.6. The summed E-state index contributed by atoms with van der Waals surface area (Å²) in [5, 5.41) is 2.93. The summed E-state index contributed by atoms with van der Waals surface area (Å²) in [6.45, 7) is 3.49. The van der Waals surface area contributed by atoms with E-state index in [0.717, 1.165) is 24.8 Å². The lowest BCUT2D eigenvalue weighted by atomic mass is 9.88. The van der Waals surface area contributed by atoms with Gasteiger partial charge in [-0.25, -0.2) is 13.2 Å². The number of fused-ring (bicyclic) bond motifs is 1. The molecule has 1 aliphatic heterocycles. The maximum absolute atomic E-state index is 13.2. The van der Waals surface area contributed by atoms with Crippen LogP contribution >= 0.6 is 11.6 Å². The van der Waals surface area contributed by atoms with E-state index >= 15 is 0 Å². The molecule has 0 bridgehead atoms. The first kappa shape index (κ1) is 25.6. The monoisotopic (exact) mass is 520 g/mol. The highest BCUT2D eigenvalue weighted by Gasteiger charge is 2.34. The zero-order valence-electron chi connectivity index (χ0n) is 19.7. The number of aryl methyl sites for hydroxylation is 1. The summed E-state index contributed by atoms with van der Waals surface area (Å²) in [5.74, 6) is -1.22. The molecule has 0 radical (unpaired) electrons. The number of hydrogen-bond donors (Lipinski definition) is 1. The van der Waals surface area contributed by atoms with Crippen molar-refractivity contribution in [2.45, 2.75) is 56.3 Å². The average molecular weight is 521 g/mol. The first-order valence-electron chi connectivity index (χ1n) is 11.6. The number of ether oxygens (including phenoxy) is 2. The van der Waals surface area contributed by atoms with Gasteiger partial charge in [0.05, 0.1) is 28.8 Å². The molecule has 2 aliphatic rings. The van der Waals surface area contributed by atoms with Crippen LogP contribution in [0.1, 0.15) is 54.2 Å². The molecule has 35 heavy (non-hydrogen) atoms. The number of carbonyl (C=O) groups is 2. The zero-order valence-corrected chi connectivity index (χ0v) is 21.3. The summed E-state index contributed by atoms with van der Waals surface area (Å²) >= 11 is 6.20. The van der Waals surface area contributed by atoms with Crippen molar-refractivity contribution in [2.75, 3.05) is 19.7 Å². The number of rotatable bonds is 6. The van der Waals surface area contributed by atoms with E-state index < -0.39 is 28.5 Å². The van der Waals surface area contributed by atoms with Crippen molar-refractivity contribution in [1.29, 1.82) is 0 Å². The van der Waals surface area contributed by atoms with E-state index in [1.807, 2.05) is 18.2 Å². The number of sulfonamides is 1. The molecule has 1 aliphatic carbocycles. The van der Waals surface area contributed by atoms with Gasteiger partial charge in [0.1, 0.15) is 4.90 Å². The van der Waals surface area contributed by atoms with Crippen LogP contribution in [0.5, 0.6) is 0 Å². The van der Waals surface area contributed by atoms with Crippen LogP contribution < -0.4 is 5.32 Å². The summed E-state index contributed by atoms with van der Waals surface area (Å²) in [6.07, 6.45) is 2.21. The molecule has 0 saturated carbocycles. The second kappa shape index (κ2) is 10.7. The van der Waals surface area contributed by atoms with Crippen LogP contribution in [0, 0.1) is 0 Å². The van der Waals surface area contributed by atoms with Crippen molar-refractivity contribution < 1.29 is 27.5 Å². The van der Waals surface area contributed by atoms with Gasteiger partial charge in [-0.2, -0.15) is 4.31 Å². The number of benzene rings is 2. The van der Waals surface area contributed by atoms with Gasteiger partial charge in [0.2, 0.25) is 10.0 Å². The number of halogens is 1. The van der Waals surface area contributed by atoms with Gasteiger partial charge >= 0.3 is 5.97 Å². The molecule has 0 spiro atoms. The Morgan fingerprint density at radius 3 is 2.60 bits per heavy atom. The molecule has 188 valence electrons. The number of amides is 1. The first-order valence-corrected chi connectivity index (χ1v) is 13.5. The second-order valence-corrected chi connectivity index (χ2v) is 11.3. The number of esters is 1. The van der Waals surface area contributed by atoms with Gasteiger partial charge in [-0.1, -0.05) is 35.9 Å². The average Bonchev–Trinajstić information content (AvgIpc) is 2.82. The van der Waals surface area contributed by atoms with Crippen LogP contribution in [-0.2, 0) is 30.7 Å². The third-order valence-corrected chi connectivity index (χ3v) is 8.52. The van der Waals surface area contributed by atoms with Crippen LogP contribution in [0.3, 0.4) is 0 Å². The van der Waals surface area contributed by atoms with Crippen molar-refractivity contribution in [1.82, 2.24) is 9.62 Å². The summed E-state index contributed by atoms with van der Waals surface area (Å²) in [4.78, 5) is 24.9. The third kappa shape index (κ3) is 5.86. The quantitative estimate of drug-likeness (QED) is 0.585. The molecule has 1 N–H and O–H groups in total. The Hall–Kier alpha value is -2.46. The Morgan fingerprint density at radius 2 is 1.86 bits per heavy atom. The van der Waals surface area contributed by atoms with Crippen molar-refractivity contribution in [3.63, 3.8) is 0 Å². The molecular formula is C25H29ClN2O6S. The van der Waals surface area contributed by atoms with Crippen molar-refractivity contribution >= 4 is 33.5 Å². The Balaban J connectivity index is 1.41. The predicted octanol–water partition coefficient (Wildman–Crippen LogP) is 3.49. The third-order valence-electron chi connectivity index (χ3n) is 6.21. The predicted molar refractivity (Wildman–Crippen MR) is 131 cm³/mol. The molecule has 4 rings (SSSR count). The Morgan fingerprint density at radius 1 is 1.14 bits per heavy atom. The van der Waals surface area contributed by atoms with Crippen molar-refractivity contribution in [3.05, 3.63) is 64.2 Å². The highest BCUT2D eigenvalue weighted by Crippen LogP contribution is 2.30. The maximum Gasteiger partial charge on any atom is 0.338 e. The molecule has 1 amide bonds. The molecule has 0 aromatic heterocycles. The van der Waals surface area contributed by atoms with Crippen LogP contribution in [0.4, 0.5) is 0 Å². The molecule has 10 heteroatoms. The SMILES string of the molecule is CC1CN(S(=O)(=O)c2cc(C(=O)OCC(=O)NC3CCCc4ccccc43)ccc2Cl)CC(C)O1. The van der Waals surface area contributed by atoms with E-state index in [1.165, 1.54) is 28.1 Å². The fourth-order valence-corrected chi connectivity index (χ4v) is 6.74. The lowest BCUT2D eigenvalue weighted by Gasteiger charge is -2.34. The Kier molecular flexibility index (Phi) is 7.80. The van der Waals surface area contributed by atoms with E-state index in [9.17, 15) is 18.0 Å². The second-order valence-electron chi connectivity index (χ2n) is 9.01. The van der Waals surface area contributed by atoms with E-state index in [2.05, 4.69) is 11.4 Å². The molecule has 2 aromatic carbocycles. The molecule has 8 nitrogen and oxygen atoms in total. The maximum atomic E-state index is 13.2. The van der Waals surface area contributed by atoms with Gasteiger partial charge in [0.25, 0.3) is 5.91 Å². The summed E-state index contributed by atoms with van der Waals surface area (Å²) in [5.41, 5.74) is 2.29. The standard InChI is InChI=1S/C25H29ClN2O6S/c1-16-13-28(14-17(2)34-16)35(31,32)23-12-19(10-11-21(23)26)25(30)33-15-24(29)27-22-9-5-7-18-6-3-4-8-20(18)22/h3-4,6,8,10-12,16-17,22H,5,7,9,13-15H2,1-2H3,(H,27,29). The molecular weight excluding hydrogens is 492 g/mol. The van der Waals surface area contributed by atoms with E-state index in [0.29, 0.717) is 0 Å². The Labute approximate surface area is 210 Å². The summed E-state index contributed by atoms with van der Waals surface area (Å²) in [6, 6.07) is 11.8. The van der Waals surface area contributed by atoms with E-state index in [1.54, 1.807) is 13.8 Å². The molecule has 3 atom stereocenters. The lowest BCUT2D eigenvalue weighted by molar-refractivity contribution is -0.125. The largest absolute Gasteiger partial charge is 0.452 e. The van der Waals surface area contributed by atoms with Gasteiger partial charge in [0.15, 0.2) is 6.61 Å². The van der Waals surface area contributed by atoms with Gasteiger partial charge in [-0.05, 0) is 62.4 Å². The van der Waals surface area contributed by atoms with E-state index in [-0.39, 0.29) is 46.8 Å². The minimum atomic E-state index is -3.96. The van der Waals surface area contributed by atoms with Gasteiger partial charge < -0.3 is 14.8 Å². The number of nitrogens with one attached hydrogen (secondary N) is 1. The molecule has 1 fully saturated rings. The highest BCUT2D eigenvalue weighted by atomic mass is 35.5. The normalized spacial score (nSPS) is 22.8. The lowest BCUT2D eigenvalue weighted by Crippen LogP contribution is -2.48. The molecule has 1 saturated heterocycles. The molecule has 2 aromatic rings. The summed E-state index contributed by atoms with van der Waals surface area (Å²) in [7, 11) is -3.96. The Bertz CT molecular complexity index is 1210. The fraction of sp³-hybridized carbons (Fsp3) is 0.440. The zero-order chi connectivity index (χ0) is 25.2. The number of carbonyl (C=O) groups excluding carboxylic acids is 2. The van der Waals surface area contributed by atoms with Crippen molar-refractivity contribution in [2.24, 2.45) is 0 Å². The van der Waals surface area contributed by atoms with E-state index in [4.69, 9.17) is 21.1 Å². The topological polar surface area (TPSA) is 102 Å². The van der Waals surface area contributed by atoms with Gasteiger partial charge in [-0.3, -0.25) is 4.79 Å². The van der Waals surface area contributed by atoms with Crippen LogP contribution in [0.25, 0.3) is 0 Å². The fourth-order valence-electron chi connectivity index (χ4n) is 4.65. The number of nitrogens with zero attached hydrogens (tertiary/aromatic N) is 1.